The average Bonchev–Trinajstić information content (AvgIpc) is 3.51. The van der Waals surface area contributed by atoms with Gasteiger partial charge in [-0.15, -0.1) is 0 Å². The van der Waals surface area contributed by atoms with Crippen LogP contribution in [0, 0.1) is 5.82 Å². The van der Waals surface area contributed by atoms with Gasteiger partial charge in [0.15, 0.2) is 0 Å². The van der Waals surface area contributed by atoms with Crippen LogP contribution >= 0.6 is 0 Å². The highest BCUT2D eigenvalue weighted by Gasteiger charge is 2.45. The van der Waals surface area contributed by atoms with Crippen molar-refractivity contribution in [3.05, 3.63) is 105 Å². The molecule has 0 saturated carbocycles. The Morgan fingerprint density at radius 2 is 1.53 bits per heavy atom. The molecule has 1 unspecified atom stereocenters. The molecule has 1 atom stereocenters. The molecule has 7 amide bonds. The molecule has 7 rings (SSSR count). The Morgan fingerprint density at radius 3 is 2.30 bits per heavy atom. The Balaban J connectivity index is 0.775. The summed E-state index contributed by atoms with van der Waals surface area (Å²) in [5.41, 5.74) is 1.64. The van der Waals surface area contributed by atoms with Crippen LogP contribution in [0.3, 0.4) is 0 Å². The van der Waals surface area contributed by atoms with Crippen molar-refractivity contribution < 1.29 is 38.0 Å². The van der Waals surface area contributed by atoms with E-state index in [4.69, 9.17) is 0 Å². The standard InChI is InChI=1S/C43H45FN8O8/c44-31-15-14-26(25-33-27-8-5-6-9-28(27)39(56)49-48-33)24-30(31)41(58)51-22-20-50(21-23-51)37(55)13-4-2-1-3-12-35(53)46-19-18-45-32-11-7-10-29-38(32)43(60)52(42(29)59)34-16-17-36(54)47-40(34)57/h5-11,14-15,24,34,45H,1-4,12-13,16-23,25H2,(H,46,53)(H,49,56)(H,47,54,57). The van der Waals surface area contributed by atoms with Gasteiger partial charge in [-0.1, -0.05) is 43.2 Å². The summed E-state index contributed by atoms with van der Waals surface area (Å²) in [6.45, 7) is 1.79. The van der Waals surface area contributed by atoms with E-state index in [-0.39, 0.29) is 79.5 Å². The van der Waals surface area contributed by atoms with Gasteiger partial charge >= 0.3 is 0 Å². The molecule has 4 aromatic rings. The molecule has 0 bridgehead atoms. The third-order valence-electron chi connectivity index (χ3n) is 11.1. The number of anilines is 1. The van der Waals surface area contributed by atoms with Gasteiger partial charge in [-0.25, -0.2) is 9.49 Å². The minimum Gasteiger partial charge on any atom is -0.383 e. The Morgan fingerprint density at radius 1 is 0.800 bits per heavy atom. The monoisotopic (exact) mass is 820 g/mol. The summed E-state index contributed by atoms with van der Waals surface area (Å²) in [7, 11) is 0. The predicted octanol–water partition coefficient (Wildman–Crippen LogP) is 2.91. The van der Waals surface area contributed by atoms with Crippen LogP contribution in [0.4, 0.5) is 10.1 Å². The second-order valence-corrected chi connectivity index (χ2v) is 15.1. The highest BCUT2D eigenvalue weighted by molar-refractivity contribution is 6.25. The number of hydrogen-bond donors (Lipinski definition) is 4. The van der Waals surface area contributed by atoms with Gasteiger partial charge in [0, 0.05) is 76.0 Å². The molecule has 4 N–H and O–H groups in total. The molecule has 16 nitrogen and oxygen atoms in total. The number of amides is 7. The molecule has 2 saturated heterocycles. The van der Waals surface area contributed by atoms with Gasteiger partial charge in [-0.2, -0.15) is 5.10 Å². The van der Waals surface area contributed by atoms with Crippen molar-refractivity contribution in [1.29, 1.82) is 0 Å². The molecule has 4 heterocycles. The Labute approximate surface area is 343 Å². The van der Waals surface area contributed by atoms with E-state index in [1.54, 1.807) is 46.2 Å². The summed E-state index contributed by atoms with van der Waals surface area (Å²) in [6, 6.07) is 15.2. The van der Waals surface area contributed by atoms with Crippen molar-refractivity contribution >= 4 is 57.8 Å². The summed E-state index contributed by atoms with van der Waals surface area (Å²) in [5, 5.41) is 16.0. The lowest BCUT2D eigenvalue weighted by molar-refractivity contribution is -0.136. The van der Waals surface area contributed by atoms with Crippen molar-refractivity contribution in [2.75, 3.05) is 44.6 Å². The van der Waals surface area contributed by atoms with Crippen LogP contribution in [0.1, 0.15) is 93.7 Å². The molecule has 0 spiro atoms. The van der Waals surface area contributed by atoms with E-state index < -0.39 is 41.4 Å². The number of unbranched alkanes of at least 4 members (excludes halogenated alkanes) is 3. The number of benzene rings is 3. The zero-order valence-corrected chi connectivity index (χ0v) is 32.9. The lowest BCUT2D eigenvalue weighted by atomic mass is 10.0. The van der Waals surface area contributed by atoms with E-state index in [1.807, 2.05) is 6.07 Å². The van der Waals surface area contributed by atoms with Gasteiger partial charge in [0.1, 0.15) is 11.9 Å². The van der Waals surface area contributed by atoms with Gasteiger partial charge in [0.05, 0.1) is 27.8 Å². The molecular formula is C43H45FN8O8. The number of piperidine rings is 1. The highest BCUT2D eigenvalue weighted by atomic mass is 19.1. The molecule has 3 aliphatic rings. The minimum atomic E-state index is -1.06. The lowest BCUT2D eigenvalue weighted by Crippen LogP contribution is -2.54. The van der Waals surface area contributed by atoms with Gasteiger partial charge < -0.3 is 20.4 Å². The number of H-pyrrole nitrogens is 1. The third-order valence-corrected chi connectivity index (χ3v) is 11.1. The van der Waals surface area contributed by atoms with E-state index >= 15 is 0 Å². The summed E-state index contributed by atoms with van der Waals surface area (Å²) < 4.78 is 14.9. The average molecular weight is 821 g/mol. The van der Waals surface area contributed by atoms with E-state index in [2.05, 4.69) is 26.1 Å². The van der Waals surface area contributed by atoms with E-state index in [9.17, 15) is 42.7 Å². The fourth-order valence-electron chi connectivity index (χ4n) is 7.90. The predicted molar refractivity (Wildman–Crippen MR) is 216 cm³/mol. The number of rotatable bonds is 15. The maximum absolute atomic E-state index is 14.9. The van der Waals surface area contributed by atoms with Gasteiger partial charge in [0.25, 0.3) is 23.3 Å². The summed E-state index contributed by atoms with van der Waals surface area (Å²) in [4.78, 5) is 105. The maximum atomic E-state index is 14.9. The lowest BCUT2D eigenvalue weighted by Gasteiger charge is -2.35. The highest BCUT2D eigenvalue weighted by Crippen LogP contribution is 2.32. The normalized spacial score (nSPS) is 16.6. The van der Waals surface area contributed by atoms with Crippen LogP contribution in [-0.2, 0) is 25.6 Å². The molecule has 17 heteroatoms. The first-order valence-corrected chi connectivity index (χ1v) is 20.2. The van der Waals surface area contributed by atoms with Crippen LogP contribution in [0.2, 0.25) is 0 Å². The van der Waals surface area contributed by atoms with Crippen molar-refractivity contribution in [2.45, 2.75) is 63.8 Å². The fraction of sp³-hybridized carbons (Fsp3) is 0.372. The molecule has 0 aliphatic carbocycles. The summed E-state index contributed by atoms with van der Waals surface area (Å²) >= 11 is 0. The number of hydrogen-bond acceptors (Lipinski definition) is 10. The van der Waals surface area contributed by atoms with Crippen molar-refractivity contribution in [1.82, 2.24) is 35.5 Å². The molecule has 1 aromatic heterocycles. The number of piperazine rings is 1. The van der Waals surface area contributed by atoms with E-state index in [0.29, 0.717) is 66.5 Å². The van der Waals surface area contributed by atoms with Crippen LogP contribution in [-0.4, -0.2) is 112 Å². The molecular weight excluding hydrogens is 776 g/mol. The van der Waals surface area contributed by atoms with E-state index in [1.165, 1.54) is 18.2 Å². The number of nitrogens with zero attached hydrogens (tertiary/aromatic N) is 4. The van der Waals surface area contributed by atoms with Gasteiger partial charge in [0.2, 0.25) is 23.6 Å². The number of aromatic amines is 1. The van der Waals surface area contributed by atoms with Crippen LogP contribution in [0.25, 0.3) is 10.8 Å². The van der Waals surface area contributed by atoms with Crippen LogP contribution in [0.5, 0.6) is 0 Å². The quantitative estimate of drug-likeness (QED) is 0.102. The zero-order chi connectivity index (χ0) is 42.3. The first-order valence-electron chi connectivity index (χ1n) is 20.2. The largest absolute Gasteiger partial charge is 0.383 e. The molecule has 2 fully saturated rings. The molecule has 3 aromatic carbocycles. The fourth-order valence-corrected chi connectivity index (χ4v) is 7.90. The first kappa shape index (κ1) is 41.4. The number of fused-ring (bicyclic) bond motifs is 2. The molecule has 60 heavy (non-hydrogen) atoms. The minimum absolute atomic E-state index is 0.0139. The maximum Gasteiger partial charge on any atom is 0.272 e. The Bertz CT molecular complexity index is 2430. The smallest absolute Gasteiger partial charge is 0.272 e. The topological polar surface area (TPSA) is 211 Å². The molecule has 312 valence electrons. The molecule has 3 aliphatic heterocycles. The van der Waals surface area contributed by atoms with Crippen LogP contribution in [0.15, 0.2) is 65.5 Å². The van der Waals surface area contributed by atoms with Crippen molar-refractivity contribution in [3.63, 3.8) is 0 Å². The first-order chi connectivity index (χ1) is 29.0. The number of carbonyl (C=O) groups is 7. The molecule has 0 radical (unpaired) electrons. The number of halogens is 1. The number of nitrogens with one attached hydrogen (secondary N) is 4. The summed E-state index contributed by atoms with van der Waals surface area (Å²) in [5.74, 6) is -3.57. The third kappa shape index (κ3) is 9.09. The zero-order valence-electron chi connectivity index (χ0n) is 32.9. The number of carbonyl (C=O) groups excluding carboxylic acids is 7. The van der Waals surface area contributed by atoms with Crippen molar-refractivity contribution in [3.8, 4) is 0 Å². The van der Waals surface area contributed by atoms with Gasteiger partial charge in [-0.05, 0) is 55.2 Å². The van der Waals surface area contributed by atoms with Crippen LogP contribution < -0.4 is 21.5 Å². The summed E-state index contributed by atoms with van der Waals surface area (Å²) in [6.07, 6.45) is 3.86. The SMILES string of the molecule is O=C(CCCCCCC(=O)N1CCN(C(=O)c2cc(Cc3n[nH]c(=O)c4ccccc34)ccc2F)CC1)NCCNc1cccc2c1C(=O)N(C1CCC(=O)NC1=O)C2=O. The number of imide groups is 2. The van der Waals surface area contributed by atoms with E-state index in [0.717, 1.165) is 17.7 Å². The Kier molecular flexibility index (Phi) is 12.7. The second kappa shape index (κ2) is 18.4. The second-order valence-electron chi connectivity index (χ2n) is 15.1. The number of aromatic nitrogens is 2. The van der Waals surface area contributed by atoms with Crippen molar-refractivity contribution in [2.24, 2.45) is 0 Å². The van der Waals surface area contributed by atoms with Gasteiger partial charge in [-0.3, -0.25) is 48.6 Å². The Hall–Kier alpha value is -6.78.